The number of halogens is 2. The zero-order valence-electron chi connectivity index (χ0n) is 12.7. The van der Waals surface area contributed by atoms with Crippen molar-refractivity contribution in [3.05, 3.63) is 51.4 Å². The van der Waals surface area contributed by atoms with Crippen LogP contribution in [0.2, 0.25) is 10.2 Å². The largest absolute Gasteiger partial charge is 0.352 e. The molecule has 0 aliphatic heterocycles. The molecule has 0 saturated carbocycles. The molecule has 1 aromatic heterocycles. The molecular weight excluding hydrogens is 305 g/mol. The summed E-state index contributed by atoms with van der Waals surface area (Å²) in [7, 11) is 2.00. The van der Waals surface area contributed by atoms with Crippen molar-refractivity contribution < 1.29 is 0 Å². The Morgan fingerprint density at radius 1 is 1.19 bits per heavy atom. The van der Waals surface area contributed by atoms with Gasteiger partial charge in [0.15, 0.2) is 0 Å². The molecule has 0 N–H and O–H groups in total. The molecule has 21 heavy (non-hydrogen) atoms. The van der Waals surface area contributed by atoms with E-state index in [1.807, 2.05) is 45.2 Å². The van der Waals surface area contributed by atoms with Gasteiger partial charge in [-0.3, -0.25) is 0 Å². The summed E-state index contributed by atoms with van der Waals surface area (Å²) in [6.07, 6.45) is 0.751. The fraction of sp³-hybridized carbons (Fsp3) is 0.375. The number of rotatable bonds is 4. The SMILES string of the molecule is CCc1nc(Cl)c(C)c(N(C)C(C)c2ccccc2Cl)n1. The van der Waals surface area contributed by atoms with Gasteiger partial charge in [0, 0.05) is 24.1 Å². The molecule has 1 heterocycles. The van der Waals surface area contributed by atoms with Crippen LogP contribution in [0.5, 0.6) is 0 Å². The molecule has 0 fully saturated rings. The van der Waals surface area contributed by atoms with Crippen molar-refractivity contribution in [2.75, 3.05) is 11.9 Å². The Morgan fingerprint density at radius 3 is 2.48 bits per heavy atom. The lowest BCUT2D eigenvalue weighted by molar-refractivity contribution is 0.718. The maximum absolute atomic E-state index is 6.29. The molecule has 0 saturated heterocycles. The van der Waals surface area contributed by atoms with Crippen molar-refractivity contribution in [3.8, 4) is 0 Å². The molecule has 0 spiro atoms. The summed E-state index contributed by atoms with van der Waals surface area (Å²) in [5.41, 5.74) is 1.95. The first-order chi connectivity index (χ1) is 9.95. The van der Waals surface area contributed by atoms with E-state index in [-0.39, 0.29) is 6.04 Å². The summed E-state index contributed by atoms with van der Waals surface area (Å²) >= 11 is 12.5. The molecule has 0 aliphatic carbocycles. The van der Waals surface area contributed by atoms with Gasteiger partial charge in [-0.1, -0.05) is 48.3 Å². The first kappa shape index (κ1) is 16.1. The Bertz CT molecular complexity index is 643. The van der Waals surface area contributed by atoms with Gasteiger partial charge in [0.05, 0.1) is 6.04 Å². The second-order valence-electron chi connectivity index (χ2n) is 5.04. The maximum atomic E-state index is 6.29. The van der Waals surface area contributed by atoms with Crippen LogP contribution >= 0.6 is 23.2 Å². The Balaban J connectivity index is 2.42. The van der Waals surface area contributed by atoms with Gasteiger partial charge in [-0.05, 0) is 25.5 Å². The van der Waals surface area contributed by atoms with Crippen LogP contribution in [0.25, 0.3) is 0 Å². The van der Waals surface area contributed by atoms with Crippen LogP contribution < -0.4 is 4.90 Å². The highest BCUT2D eigenvalue weighted by Gasteiger charge is 2.19. The first-order valence-electron chi connectivity index (χ1n) is 6.96. The van der Waals surface area contributed by atoms with Gasteiger partial charge in [-0.25, -0.2) is 9.97 Å². The topological polar surface area (TPSA) is 29.0 Å². The number of hydrogen-bond acceptors (Lipinski definition) is 3. The third-order valence-corrected chi connectivity index (χ3v) is 4.41. The van der Waals surface area contributed by atoms with Crippen LogP contribution in [-0.2, 0) is 6.42 Å². The molecule has 0 aliphatic rings. The molecule has 3 nitrogen and oxygen atoms in total. The van der Waals surface area contributed by atoms with Gasteiger partial charge in [0.25, 0.3) is 0 Å². The van der Waals surface area contributed by atoms with Gasteiger partial charge in [-0.15, -0.1) is 0 Å². The van der Waals surface area contributed by atoms with Crippen LogP contribution in [0.1, 0.15) is 36.8 Å². The predicted octanol–water partition coefficient (Wildman–Crippen LogP) is 4.85. The molecular formula is C16H19Cl2N3. The fourth-order valence-electron chi connectivity index (χ4n) is 2.23. The van der Waals surface area contributed by atoms with Gasteiger partial charge < -0.3 is 4.90 Å². The van der Waals surface area contributed by atoms with E-state index in [2.05, 4.69) is 21.8 Å². The summed E-state index contributed by atoms with van der Waals surface area (Å²) in [6, 6.07) is 7.94. The highest BCUT2D eigenvalue weighted by atomic mass is 35.5. The highest BCUT2D eigenvalue weighted by molar-refractivity contribution is 6.31. The predicted molar refractivity (Wildman–Crippen MR) is 89.4 cm³/mol. The molecule has 1 aromatic carbocycles. The normalized spacial score (nSPS) is 12.3. The Morgan fingerprint density at radius 2 is 1.86 bits per heavy atom. The van der Waals surface area contributed by atoms with Gasteiger partial charge in [0.1, 0.15) is 16.8 Å². The number of aromatic nitrogens is 2. The molecule has 0 amide bonds. The summed E-state index contributed by atoms with van der Waals surface area (Å²) < 4.78 is 0. The second-order valence-corrected chi connectivity index (χ2v) is 5.81. The van der Waals surface area contributed by atoms with Gasteiger partial charge in [0.2, 0.25) is 0 Å². The minimum Gasteiger partial charge on any atom is -0.352 e. The van der Waals surface area contributed by atoms with Crippen molar-refractivity contribution in [2.24, 2.45) is 0 Å². The Hall–Kier alpha value is -1.32. The zero-order chi connectivity index (χ0) is 15.6. The van der Waals surface area contributed by atoms with Crippen LogP contribution in [-0.4, -0.2) is 17.0 Å². The van der Waals surface area contributed by atoms with E-state index in [0.29, 0.717) is 5.15 Å². The monoisotopic (exact) mass is 323 g/mol. The average molecular weight is 324 g/mol. The van der Waals surface area contributed by atoms with Crippen LogP contribution in [0.15, 0.2) is 24.3 Å². The average Bonchev–Trinajstić information content (AvgIpc) is 2.49. The van der Waals surface area contributed by atoms with E-state index in [4.69, 9.17) is 23.2 Å². The van der Waals surface area contributed by atoms with Crippen molar-refractivity contribution in [2.45, 2.75) is 33.2 Å². The van der Waals surface area contributed by atoms with Gasteiger partial charge in [-0.2, -0.15) is 0 Å². The smallest absolute Gasteiger partial charge is 0.137 e. The molecule has 0 bridgehead atoms. The summed E-state index contributed by atoms with van der Waals surface area (Å²) in [5, 5.41) is 1.26. The zero-order valence-corrected chi connectivity index (χ0v) is 14.2. The molecule has 1 atom stereocenters. The first-order valence-corrected chi connectivity index (χ1v) is 7.71. The minimum absolute atomic E-state index is 0.0908. The molecule has 2 rings (SSSR count). The van der Waals surface area contributed by atoms with E-state index in [1.54, 1.807) is 0 Å². The van der Waals surface area contributed by atoms with Crippen molar-refractivity contribution in [1.82, 2.24) is 9.97 Å². The van der Waals surface area contributed by atoms with Gasteiger partial charge >= 0.3 is 0 Å². The third-order valence-electron chi connectivity index (χ3n) is 3.69. The van der Waals surface area contributed by atoms with E-state index in [0.717, 1.165) is 34.2 Å². The number of nitrogens with zero attached hydrogens (tertiary/aromatic N) is 3. The Labute approximate surface area is 135 Å². The standard InChI is InChI=1S/C16H19Cl2N3/c1-5-14-19-15(18)10(2)16(20-14)21(4)11(3)12-8-6-7-9-13(12)17/h6-9,11H,5H2,1-4H3. The maximum Gasteiger partial charge on any atom is 0.137 e. The highest BCUT2D eigenvalue weighted by Crippen LogP contribution is 2.32. The summed E-state index contributed by atoms with van der Waals surface area (Å²) in [4.78, 5) is 11.0. The molecule has 5 heteroatoms. The third kappa shape index (κ3) is 3.30. The number of anilines is 1. The van der Waals surface area contributed by atoms with Crippen molar-refractivity contribution in [1.29, 1.82) is 0 Å². The lowest BCUT2D eigenvalue weighted by Gasteiger charge is -2.28. The lowest BCUT2D eigenvalue weighted by atomic mass is 10.1. The van der Waals surface area contributed by atoms with Crippen LogP contribution in [0.4, 0.5) is 5.82 Å². The molecule has 112 valence electrons. The van der Waals surface area contributed by atoms with E-state index in [1.165, 1.54) is 0 Å². The number of aryl methyl sites for hydroxylation is 1. The molecule has 0 radical (unpaired) electrons. The van der Waals surface area contributed by atoms with E-state index >= 15 is 0 Å². The summed E-state index contributed by atoms with van der Waals surface area (Å²) in [5.74, 6) is 1.60. The Kier molecular flexibility index (Phi) is 5.07. The fourth-order valence-corrected chi connectivity index (χ4v) is 2.70. The van der Waals surface area contributed by atoms with E-state index in [9.17, 15) is 0 Å². The van der Waals surface area contributed by atoms with Crippen LogP contribution in [0, 0.1) is 6.92 Å². The number of benzene rings is 1. The summed E-state index contributed by atoms with van der Waals surface area (Å²) in [6.45, 7) is 6.05. The van der Waals surface area contributed by atoms with Crippen molar-refractivity contribution >= 4 is 29.0 Å². The lowest BCUT2D eigenvalue weighted by Crippen LogP contribution is -2.24. The number of hydrogen-bond donors (Lipinski definition) is 0. The van der Waals surface area contributed by atoms with Crippen molar-refractivity contribution in [3.63, 3.8) is 0 Å². The quantitative estimate of drug-likeness (QED) is 0.753. The molecule has 1 unspecified atom stereocenters. The minimum atomic E-state index is 0.0908. The van der Waals surface area contributed by atoms with Crippen LogP contribution in [0.3, 0.4) is 0 Å². The van der Waals surface area contributed by atoms with E-state index < -0.39 is 0 Å². The molecule has 2 aromatic rings. The second kappa shape index (κ2) is 6.63.